The maximum atomic E-state index is 13.8. The molecule has 178 valence electrons. The Morgan fingerprint density at radius 1 is 0.886 bits per heavy atom. The van der Waals surface area contributed by atoms with Crippen LogP contribution in [0.3, 0.4) is 0 Å². The Balaban J connectivity index is 1.20. The summed E-state index contributed by atoms with van der Waals surface area (Å²) in [5.41, 5.74) is 6.79. The summed E-state index contributed by atoms with van der Waals surface area (Å²) in [5.74, 6) is 0.111. The third-order valence-corrected chi connectivity index (χ3v) is 7.63. The number of fused-ring (bicyclic) bond motifs is 2. The lowest BCUT2D eigenvalue weighted by molar-refractivity contribution is 0.0963. The van der Waals surface area contributed by atoms with Crippen LogP contribution >= 0.6 is 0 Å². The van der Waals surface area contributed by atoms with E-state index in [9.17, 15) is 4.79 Å². The van der Waals surface area contributed by atoms with Crippen molar-refractivity contribution in [1.82, 2.24) is 9.88 Å². The van der Waals surface area contributed by atoms with Gasteiger partial charge in [-0.15, -0.1) is 0 Å². The molecule has 4 aromatic rings. The lowest BCUT2D eigenvalue weighted by Crippen LogP contribution is -2.54. The Morgan fingerprint density at radius 3 is 2.49 bits per heavy atom. The van der Waals surface area contributed by atoms with E-state index < -0.39 is 0 Å². The van der Waals surface area contributed by atoms with Crippen LogP contribution in [-0.4, -0.2) is 54.6 Å². The van der Waals surface area contributed by atoms with E-state index in [1.54, 1.807) is 0 Å². The predicted octanol–water partition coefficient (Wildman–Crippen LogP) is 5.26. The minimum atomic E-state index is 0.111. The molecular weight excluding hydrogens is 432 g/mol. The van der Waals surface area contributed by atoms with E-state index >= 15 is 0 Å². The summed E-state index contributed by atoms with van der Waals surface area (Å²) >= 11 is 0. The number of aromatic amines is 1. The number of amides is 1. The largest absolute Gasteiger partial charge is 0.368 e. The number of rotatable bonds is 4. The molecule has 3 aromatic carbocycles. The third kappa shape index (κ3) is 4.21. The van der Waals surface area contributed by atoms with E-state index in [4.69, 9.17) is 0 Å². The molecule has 2 aliphatic rings. The van der Waals surface area contributed by atoms with Crippen LogP contribution in [0.4, 0.5) is 11.4 Å². The fraction of sp³-hybridized carbons (Fsp3) is 0.300. The smallest absolute Gasteiger partial charge is 0.258 e. The second kappa shape index (κ2) is 9.23. The van der Waals surface area contributed by atoms with Crippen molar-refractivity contribution >= 4 is 28.2 Å². The number of nitrogens with zero attached hydrogens (tertiary/aromatic N) is 3. The van der Waals surface area contributed by atoms with E-state index in [1.807, 2.05) is 30.5 Å². The molecule has 1 fully saturated rings. The molecule has 0 saturated carbocycles. The molecule has 1 unspecified atom stereocenters. The fourth-order valence-corrected chi connectivity index (χ4v) is 5.70. The van der Waals surface area contributed by atoms with Crippen LogP contribution in [0.5, 0.6) is 0 Å². The normalized spacial score (nSPS) is 18.6. The second-order valence-electron chi connectivity index (χ2n) is 9.87. The van der Waals surface area contributed by atoms with Crippen LogP contribution in [0.25, 0.3) is 10.9 Å². The zero-order valence-electron chi connectivity index (χ0n) is 20.3. The van der Waals surface area contributed by atoms with Gasteiger partial charge in [0.25, 0.3) is 5.91 Å². The highest BCUT2D eigenvalue weighted by Crippen LogP contribution is 2.33. The fourth-order valence-electron chi connectivity index (χ4n) is 5.70. The van der Waals surface area contributed by atoms with Crippen molar-refractivity contribution in [3.05, 3.63) is 95.7 Å². The molecule has 5 heteroatoms. The highest BCUT2D eigenvalue weighted by atomic mass is 16.2. The Labute approximate surface area is 207 Å². The lowest BCUT2D eigenvalue weighted by atomic mass is 9.94. The average Bonchev–Trinajstić information content (AvgIpc) is 3.38. The van der Waals surface area contributed by atoms with Gasteiger partial charge in [0.2, 0.25) is 0 Å². The van der Waals surface area contributed by atoms with Gasteiger partial charge >= 0.3 is 0 Å². The number of hydrogen-bond acceptors (Lipinski definition) is 3. The quantitative estimate of drug-likeness (QED) is 0.448. The van der Waals surface area contributed by atoms with Gasteiger partial charge < -0.3 is 14.8 Å². The number of hydrogen-bond donors (Lipinski definition) is 1. The molecule has 1 N–H and O–H groups in total. The summed E-state index contributed by atoms with van der Waals surface area (Å²) in [4.78, 5) is 24.2. The van der Waals surface area contributed by atoms with Gasteiger partial charge in [0, 0.05) is 66.8 Å². The first-order valence-corrected chi connectivity index (χ1v) is 12.7. The Bertz CT molecular complexity index is 1330. The van der Waals surface area contributed by atoms with Gasteiger partial charge in [-0.1, -0.05) is 42.0 Å². The molecule has 1 aromatic heterocycles. The number of benzene rings is 3. The summed E-state index contributed by atoms with van der Waals surface area (Å²) in [6, 6.07) is 25.3. The number of nitrogens with one attached hydrogen (secondary N) is 1. The van der Waals surface area contributed by atoms with Gasteiger partial charge in [-0.3, -0.25) is 9.69 Å². The summed E-state index contributed by atoms with van der Waals surface area (Å²) in [6.45, 7) is 6.98. The van der Waals surface area contributed by atoms with Gasteiger partial charge in [0.1, 0.15) is 0 Å². The maximum Gasteiger partial charge on any atom is 0.258 e. The standard InChI is InChI=1S/C30H32N4O/c1-22-9-11-24(12-10-22)30(35)34-25(14-13-23-5-2-3-7-28(23)34)21-32-17-19-33(20-18-32)29-8-4-6-27-26(29)15-16-31-27/h2-12,15-16,25,31H,13-14,17-21H2,1H3. The first-order chi connectivity index (χ1) is 17.2. The van der Waals surface area contributed by atoms with E-state index in [2.05, 4.69) is 75.1 Å². The molecule has 1 saturated heterocycles. The zero-order chi connectivity index (χ0) is 23.8. The molecule has 2 aliphatic heterocycles. The highest BCUT2D eigenvalue weighted by molar-refractivity contribution is 6.07. The number of anilines is 2. The molecule has 3 heterocycles. The Hall–Kier alpha value is -3.57. The zero-order valence-corrected chi connectivity index (χ0v) is 20.3. The molecule has 1 amide bonds. The van der Waals surface area contributed by atoms with E-state index in [0.29, 0.717) is 0 Å². The van der Waals surface area contributed by atoms with Crippen molar-refractivity contribution in [1.29, 1.82) is 0 Å². The maximum absolute atomic E-state index is 13.8. The SMILES string of the molecule is Cc1ccc(C(=O)N2c3ccccc3CCC2CN2CCN(c3cccc4[nH]ccc34)CC2)cc1. The van der Waals surface area contributed by atoms with Crippen LogP contribution in [0.1, 0.15) is 27.9 Å². The van der Waals surface area contributed by atoms with Crippen molar-refractivity contribution in [2.75, 3.05) is 42.5 Å². The van der Waals surface area contributed by atoms with Crippen molar-refractivity contribution in [3.8, 4) is 0 Å². The van der Waals surface area contributed by atoms with Crippen LogP contribution in [0.15, 0.2) is 79.0 Å². The van der Waals surface area contributed by atoms with E-state index in [-0.39, 0.29) is 11.9 Å². The number of carbonyl (C=O) groups is 1. The van der Waals surface area contributed by atoms with Gasteiger partial charge in [0.15, 0.2) is 0 Å². The highest BCUT2D eigenvalue weighted by Gasteiger charge is 2.33. The molecule has 0 bridgehead atoms. The number of piperazine rings is 1. The number of aryl methyl sites for hydroxylation is 2. The summed E-state index contributed by atoms with van der Waals surface area (Å²) < 4.78 is 0. The molecular formula is C30H32N4O. The Morgan fingerprint density at radius 2 is 1.66 bits per heavy atom. The van der Waals surface area contributed by atoms with Crippen molar-refractivity contribution in [3.63, 3.8) is 0 Å². The van der Waals surface area contributed by atoms with Gasteiger partial charge in [-0.05, 0) is 61.7 Å². The van der Waals surface area contributed by atoms with Gasteiger partial charge in [-0.2, -0.15) is 0 Å². The first-order valence-electron chi connectivity index (χ1n) is 12.7. The van der Waals surface area contributed by atoms with E-state index in [0.717, 1.165) is 56.8 Å². The number of H-pyrrole nitrogens is 1. The molecule has 5 nitrogen and oxygen atoms in total. The van der Waals surface area contributed by atoms with Crippen LogP contribution in [0, 0.1) is 6.92 Å². The predicted molar refractivity (Wildman–Crippen MR) is 143 cm³/mol. The van der Waals surface area contributed by atoms with Crippen LogP contribution in [-0.2, 0) is 6.42 Å². The van der Waals surface area contributed by atoms with Gasteiger partial charge in [0.05, 0.1) is 6.04 Å². The van der Waals surface area contributed by atoms with Crippen LogP contribution < -0.4 is 9.80 Å². The minimum Gasteiger partial charge on any atom is -0.368 e. The second-order valence-corrected chi connectivity index (χ2v) is 9.87. The monoisotopic (exact) mass is 464 g/mol. The van der Waals surface area contributed by atoms with Gasteiger partial charge in [-0.25, -0.2) is 0 Å². The Kier molecular flexibility index (Phi) is 5.78. The van der Waals surface area contributed by atoms with Crippen molar-refractivity contribution in [2.24, 2.45) is 0 Å². The third-order valence-electron chi connectivity index (χ3n) is 7.63. The minimum absolute atomic E-state index is 0.111. The molecule has 6 rings (SSSR count). The first kappa shape index (κ1) is 21.9. The number of para-hydroxylation sites is 1. The average molecular weight is 465 g/mol. The lowest BCUT2D eigenvalue weighted by Gasteiger charge is -2.42. The number of carbonyl (C=O) groups excluding carboxylic acids is 1. The molecule has 0 aliphatic carbocycles. The summed E-state index contributed by atoms with van der Waals surface area (Å²) in [7, 11) is 0. The number of aromatic nitrogens is 1. The van der Waals surface area contributed by atoms with Crippen molar-refractivity contribution < 1.29 is 4.79 Å². The summed E-state index contributed by atoms with van der Waals surface area (Å²) in [6.07, 6.45) is 4.04. The molecule has 0 spiro atoms. The molecule has 1 atom stereocenters. The molecule has 0 radical (unpaired) electrons. The topological polar surface area (TPSA) is 42.6 Å². The van der Waals surface area contributed by atoms with E-state index in [1.165, 1.54) is 27.7 Å². The van der Waals surface area contributed by atoms with Crippen LogP contribution in [0.2, 0.25) is 0 Å². The van der Waals surface area contributed by atoms with Crippen molar-refractivity contribution in [2.45, 2.75) is 25.8 Å². The summed E-state index contributed by atoms with van der Waals surface area (Å²) in [5, 5.41) is 1.29. The molecule has 35 heavy (non-hydrogen) atoms.